The summed E-state index contributed by atoms with van der Waals surface area (Å²) in [5.74, 6) is 0.697. The fourth-order valence-corrected chi connectivity index (χ4v) is 3.35. The van der Waals surface area contributed by atoms with Gasteiger partial charge in [0.1, 0.15) is 0 Å². The lowest BCUT2D eigenvalue weighted by Crippen LogP contribution is -2.25. The van der Waals surface area contributed by atoms with Crippen LogP contribution in [0.15, 0.2) is 48.5 Å². The standard InChI is InChI=1S/C20H25N/c1-3-16-9-11-17(12-10-16)14-21-20-13-8-15(2)18-6-4-5-7-19(18)20/h4-7,9-12,15,20-21H,3,8,13-14H2,1-2H3. The number of hydrogen-bond acceptors (Lipinski definition) is 1. The minimum Gasteiger partial charge on any atom is -0.306 e. The molecule has 2 unspecified atom stereocenters. The predicted molar refractivity (Wildman–Crippen MR) is 89.5 cm³/mol. The van der Waals surface area contributed by atoms with Crippen molar-refractivity contribution in [1.82, 2.24) is 5.32 Å². The molecule has 1 N–H and O–H groups in total. The van der Waals surface area contributed by atoms with E-state index < -0.39 is 0 Å². The maximum atomic E-state index is 3.75. The maximum absolute atomic E-state index is 3.75. The van der Waals surface area contributed by atoms with Crippen LogP contribution in [0.25, 0.3) is 0 Å². The molecule has 2 atom stereocenters. The van der Waals surface area contributed by atoms with Gasteiger partial charge in [-0.3, -0.25) is 0 Å². The molecule has 0 bridgehead atoms. The third-order valence-electron chi connectivity index (χ3n) is 4.77. The zero-order valence-corrected chi connectivity index (χ0v) is 13.1. The summed E-state index contributed by atoms with van der Waals surface area (Å²) in [7, 11) is 0. The van der Waals surface area contributed by atoms with Gasteiger partial charge in [-0.25, -0.2) is 0 Å². The van der Waals surface area contributed by atoms with Gasteiger partial charge in [-0.1, -0.05) is 62.4 Å². The second kappa shape index (κ2) is 6.44. The summed E-state index contributed by atoms with van der Waals surface area (Å²) in [6.07, 6.45) is 3.64. The van der Waals surface area contributed by atoms with Crippen LogP contribution in [-0.2, 0) is 13.0 Å². The maximum Gasteiger partial charge on any atom is 0.0326 e. The van der Waals surface area contributed by atoms with Crippen molar-refractivity contribution in [2.45, 2.75) is 51.6 Å². The molecule has 0 spiro atoms. The van der Waals surface area contributed by atoms with Gasteiger partial charge in [0.05, 0.1) is 0 Å². The highest BCUT2D eigenvalue weighted by Gasteiger charge is 2.23. The first kappa shape index (κ1) is 14.3. The van der Waals surface area contributed by atoms with Gasteiger partial charge in [-0.05, 0) is 47.4 Å². The van der Waals surface area contributed by atoms with Crippen LogP contribution in [0.4, 0.5) is 0 Å². The van der Waals surface area contributed by atoms with Crippen molar-refractivity contribution in [2.24, 2.45) is 0 Å². The summed E-state index contributed by atoms with van der Waals surface area (Å²) >= 11 is 0. The second-order valence-electron chi connectivity index (χ2n) is 6.21. The lowest BCUT2D eigenvalue weighted by atomic mass is 9.81. The van der Waals surface area contributed by atoms with Crippen LogP contribution in [0.5, 0.6) is 0 Å². The number of fused-ring (bicyclic) bond motifs is 1. The molecule has 0 saturated carbocycles. The third-order valence-corrected chi connectivity index (χ3v) is 4.77. The van der Waals surface area contributed by atoms with Crippen LogP contribution in [-0.4, -0.2) is 0 Å². The van der Waals surface area contributed by atoms with Gasteiger partial charge >= 0.3 is 0 Å². The van der Waals surface area contributed by atoms with Gasteiger partial charge in [-0.2, -0.15) is 0 Å². The molecular weight excluding hydrogens is 254 g/mol. The van der Waals surface area contributed by atoms with Gasteiger partial charge in [0.25, 0.3) is 0 Å². The highest BCUT2D eigenvalue weighted by Crippen LogP contribution is 2.37. The van der Waals surface area contributed by atoms with E-state index in [0.717, 1.165) is 13.0 Å². The molecule has 2 aromatic carbocycles. The van der Waals surface area contributed by atoms with Gasteiger partial charge in [-0.15, -0.1) is 0 Å². The van der Waals surface area contributed by atoms with Crippen molar-refractivity contribution in [3.8, 4) is 0 Å². The first-order chi connectivity index (χ1) is 10.3. The normalized spacial score (nSPS) is 21.0. The molecule has 1 aliphatic carbocycles. The minimum absolute atomic E-state index is 0.503. The Kier molecular flexibility index (Phi) is 4.40. The largest absolute Gasteiger partial charge is 0.306 e. The highest BCUT2D eigenvalue weighted by molar-refractivity contribution is 5.35. The average molecular weight is 279 g/mol. The third kappa shape index (κ3) is 3.19. The Balaban J connectivity index is 1.69. The number of hydrogen-bond donors (Lipinski definition) is 1. The quantitative estimate of drug-likeness (QED) is 0.832. The Bertz CT molecular complexity index is 585. The Morgan fingerprint density at radius 3 is 2.29 bits per heavy atom. The van der Waals surface area contributed by atoms with Gasteiger partial charge in [0, 0.05) is 12.6 Å². The van der Waals surface area contributed by atoms with Crippen LogP contribution in [0.1, 0.15) is 60.9 Å². The topological polar surface area (TPSA) is 12.0 Å². The van der Waals surface area contributed by atoms with Gasteiger partial charge in [0.2, 0.25) is 0 Å². The molecule has 1 nitrogen and oxygen atoms in total. The fourth-order valence-electron chi connectivity index (χ4n) is 3.35. The summed E-state index contributed by atoms with van der Waals surface area (Å²) in [5, 5.41) is 3.75. The molecular formula is C20H25N. The zero-order chi connectivity index (χ0) is 14.7. The van der Waals surface area contributed by atoms with E-state index in [1.54, 1.807) is 0 Å². The molecule has 1 heteroatoms. The van der Waals surface area contributed by atoms with Crippen molar-refractivity contribution in [1.29, 1.82) is 0 Å². The molecule has 1 aliphatic rings. The van der Waals surface area contributed by atoms with Crippen molar-refractivity contribution >= 4 is 0 Å². The molecule has 0 heterocycles. The molecule has 0 saturated heterocycles. The van der Waals surface area contributed by atoms with Crippen molar-refractivity contribution in [3.63, 3.8) is 0 Å². The van der Waals surface area contributed by atoms with Gasteiger partial charge in [0.15, 0.2) is 0 Å². The Hall–Kier alpha value is -1.60. The monoisotopic (exact) mass is 279 g/mol. The van der Waals surface area contributed by atoms with E-state index in [2.05, 4.69) is 67.7 Å². The number of rotatable bonds is 4. The van der Waals surface area contributed by atoms with E-state index in [1.165, 1.54) is 35.1 Å². The SMILES string of the molecule is CCc1ccc(CNC2CCC(C)c3ccccc32)cc1. The van der Waals surface area contributed by atoms with Crippen LogP contribution < -0.4 is 5.32 Å². The molecule has 0 aliphatic heterocycles. The summed E-state index contributed by atoms with van der Waals surface area (Å²) in [6, 6.07) is 18.4. The van der Waals surface area contributed by atoms with E-state index in [-0.39, 0.29) is 0 Å². The lowest BCUT2D eigenvalue weighted by Gasteiger charge is -2.30. The molecule has 0 fully saturated rings. The Morgan fingerprint density at radius 2 is 1.57 bits per heavy atom. The molecule has 2 aromatic rings. The summed E-state index contributed by atoms with van der Waals surface area (Å²) < 4.78 is 0. The van der Waals surface area contributed by atoms with Crippen LogP contribution in [0, 0.1) is 0 Å². The lowest BCUT2D eigenvalue weighted by molar-refractivity contribution is 0.431. The fraction of sp³-hybridized carbons (Fsp3) is 0.400. The molecule has 110 valence electrons. The van der Waals surface area contributed by atoms with Crippen molar-refractivity contribution in [3.05, 3.63) is 70.8 Å². The summed E-state index contributed by atoms with van der Waals surface area (Å²) in [6.45, 7) is 5.50. The summed E-state index contributed by atoms with van der Waals surface area (Å²) in [4.78, 5) is 0. The molecule has 0 amide bonds. The second-order valence-corrected chi connectivity index (χ2v) is 6.21. The minimum atomic E-state index is 0.503. The van der Waals surface area contributed by atoms with Gasteiger partial charge < -0.3 is 5.32 Å². The van der Waals surface area contributed by atoms with E-state index in [9.17, 15) is 0 Å². The van der Waals surface area contributed by atoms with E-state index in [0.29, 0.717) is 12.0 Å². The Labute approximate surface area is 128 Å². The van der Waals surface area contributed by atoms with Crippen molar-refractivity contribution in [2.75, 3.05) is 0 Å². The first-order valence-electron chi connectivity index (χ1n) is 8.18. The Morgan fingerprint density at radius 1 is 0.905 bits per heavy atom. The van der Waals surface area contributed by atoms with Crippen LogP contribution >= 0.6 is 0 Å². The highest BCUT2D eigenvalue weighted by atomic mass is 14.9. The van der Waals surface area contributed by atoms with Crippen LogP contribution in [0.2, 0.25) is 0 Å². The van der Waals surface area contributed by atoms with E-state index in [1.807, 2.05) is 0 Å². The van der Waals surface area contributed by atoms with E-state index in [4.69, 9.17) is 0 Å². The smallest absolute Gasteiger partial charge is 0.0326 e. The zero-order valence-electron chi connectivity index (χ0n) is 13.1. The predicted octanol–water partition coefficient (Wildman–Crippen LogP) is 4.98. The number of nitrogens with one attached hydrogen (secondary N) is 1. The van der Waals surface area contributed by atoms with Crippen LogP contribution in [0.3, 0.4) is 0 Å². The number of aryl methyl sites for hydroxylation is 1. The van der Waals surface area contributed by atoms with Crippen molar-refractivity contribution < 1.29 is 0 Å². The average Bonchev–Trinajstić information content (AvgIpc) is 2.55. The van der Waals surface area contributed by atoms with E-state index >= 15 is 0 Å². The first-order valence-corrected chi connectivity index (χ1v) is 8.18. The summed E-state index contributed by atoms with van der Waals surface area (Å²) in [5.41, 5.74) is 5.82. The molecule has 3 rings (SSSR count). The molecule has 0 aromatic heterocycles. The molecule has 0 radical (unpaired) electrons. The number of benzene rings is 2. The molecule has 21 heavy (non-hydrogen) atoms.